The van der Waals surface area contributed by atoms with E-state index in [2.05, 4.69) is 0 Å². The molecule has 2 N–H and O–H groups in total. The minimum atomic E-state index is -5.04. The maximum atomic E-state index is 12.4. The quantitative estimate of drug-likeness (QED) is 0.876. The number of carbonyl (C=O) groups excluding carboxylic acids is 1. The van der Waals surface area contributed by atoms with Crippen LogP contribution in [0, 0.1) is 6.92 Å². The van der Waals surface area contributed by atoms with E-state index in [1.165, 1.54) is 18.2 Å². The fraction of sp³-hybridized carbons (Fsp3) is 0.364. The summed E-state index contributed by atoms with van der Waals surface area (Å²) in [5, 5.41) is 11.6. The lowest BCUT2D eigenvalue weighted by Gasteiger charge is -2.25. The molecular weight excluding hydrogens is 271 g/mol. The van der Waals surface area contributed by atoms with Crippen LogP contribution in [0.1, 0.15) is 12.5 Å². The average molecular weight is 282 g/mol. The Balaban J connectivity index is 2.95. The van der Waals surface area contributed by atoms with Crippen LogP contribution in [0.15, 0.2) is 18.2 Å². The molecule has 3 nitrogen and oxygen atoms in total. The molecule has 1 amide bonds. The number of aliphatic hydroxyl groups is 1. The lowest BCUT2D eigenvalue weighted by Crippen LogP contribution is -2.52. The SMILES string of the molecule is Cc1cc(Cl)ccc1NC(=O)C(C)(O)C(F)(F)F. The Bertz CT molecular complexity index is 472. The van der Waals surface area contributed by atoms with E-state index < -0.39 is 17.7 Å². The summed E-state index contributed by atoms with van der Waals surface area (Å²) >= 11 is 5.67. The molecule has 0 saturated heterocycles. The molecule has 0 heterocycles. The van der Waals surface area contributed by atoms with Crippen LogP contribution >= 0.6 is 11.6 Å². The molecule has 7 heteroatoms. The van der Waals surface area contributed by atoms with Crippen molar-refractivity contribution in [3.63, 3.8) is 0 Å². The number of hydrogen-bond acceptors (Lipinski definition) is 2. The Hall–Kier alpha value is -1.27. The smallest absolute Gasteiger partial charge is 0.373 e. The van der Waals surface area contributed by atoms with Gasteiger partial charge in [0.25, 0.3) is 5.91 Å². The van der Waals surface area contributed by atoms with E-state index in [1.807, 2.05) is 5.32 Å². The number of aryl methyl sites for hydroxylation is 1. The normalized spacial score (nSPS) is 15.1. The summed E-state index contributed by atoms with van der Waals surface area (Å²) in [7, 11) is 0. The topological polar surface area (TPSA) is 49.3 Å². The van der Waals surface area contributed by atoms with Gasteiger partial charge in [0.2, 0.25) is 5.60 Å². The second kappa shape index (κ2) is 4.78. The van der Waals surface area contributed by atoms with Crippen molar-refractivity contribution in [3.05, 3.63) is 28.8 Å². The van der Waals surface area contributed by atoms with Crippen LogP contribution in [0.3, 0.4) is 0 Å². The Kier molecular flexibility index (Phi) is 3.92. The maximum Gasteiger partial charge on any atom is 0.426 e. The summed E-state index contributed by atoms with van der Waals surface area (Å²) in [5.74, 6) is -1.54. The van der Waals surface area contributed by atoms with Crippen molar-refractivity contribution in [3.8, 4) is 0 Å². The minimum absolute atomic E-state index is 0.161. The molecule has 100 valence electrons. The second-order valence-corrected chi connectivity index (χ2v) is 4.42. The zero-order valence-electron chi connectivity index (χ0n) is 9.60. The van der Waals surface area contributed by atoms with Crippen LogP contribution in [-0.4, -0.2) is 22.8 Å². The number of amides is 1. The van der Waals surface area contributed by atoms with Crippen LogP contribution < -0.4 is 5.32 Å². The maximum absolute atomic E-state index is 12.4. The number of alkyl halides is 3. The van der Waals surface area contributed by atoms with E-state index in [0.29, 0.717) is 17.5 Å². The van der Waals surface area contributed by atoms with Crippen molar-refractivity contribution >= 4 is 23.2 Å². The van der Waals surface area contributed by atoms with E-state index in [0.717, 1.165) is 0 Å². The first-order chi connectivity index (χ1) is 8.05. The fourth-order valence-corrected chi connectivity index (χ4v) is 1.37. The molecule has 0 aliphatic rings. The predicted octanol–water partition coefficient (Wildman–Crippen LogP) is 2.90. The van der Waals surface area contributed by atoms with Crippen LogP contribution in [0.2, 0.25) is 5.02 Å². The Labute approximate surface area is 107 Å². The number of halogens is 4. The van der Waals surface area contributed by atoms with Gasteiger partial charge in [0.1, 0.15) is 0 Å². The standard InChI is InChI=1S/C11H11ClF3NO2/c1-6-5-7(12)3-4-8(6)16-9(17)10(2,18)11(13,14)15/h3-5,18H,1-2H3,(H,16,17). The molecular formula is C11H11ClF3NO2. The number of rotatable bonds is 2. The van der Waals surface area contributed by atoms with E-state index in [4.69, 9.17) is 16.7 Å². The predicted molar refractivity (Wildman–Crippen MR) is 61.5 cm³/mol. The number of anilines is 1. The first-order valence-corrected chi connectivity index (χ1v) is 5.30. The molecule has 1 aromatic carbocycles. The molecule has 0 aromatic heterocycles. The summed E-state index contributed by atoms with van der Waals surface area (Å²) in [5.41, 5.74) is -2.79. The van der Waals surface area contributed by atoms with Gasteiger partial charge in [-0.25, -0.2) is 0 Å². The van der Waals surface area contributed by atoms with Crippen LogP contribution in [-0.2, 0) is 4.79 Å². The van der Waals surface area contributed by atoms with Crippen molar-refractivity contribution in [1.29, 1.82) is 0 Å². The van der Waals surface area contributed by atoms with E-state index >= 15 is 0 Å². The monoisotopic (exact) mass is 281 g/mol. The van der Waals surface area contributed by atoms with Gasteiger partial charge < -0.3 is 10.4 Å². The van der Waals surface area contributed by atoms with Crippen LogP contribution in [0.25, 0.3) is 0 Å². The van der Waals surface area contributed by atoms with Gasteiger partial charge in [0.15, 0.2) is 0 Å². The number of carbonyl (C=O) groups is 1. The van der Waals surface area contributed by atoms with Crippen molar-refractivity contribution in [2.75, 3.05) is 5.32 Å². The highest BCUT2D eigenvalue weighted by molar-refractivity contribution is 6.30. The molecule has 1 atom stereocenters. The number of benzene rings is 1. The molecule has 0 bridgehead atoms. The molecule has 18 heavy (non-hydrogen) atoms. The van der Waals surface area contributed by atoms with Gasteiger partial charge in [0, 0.05) is 10.7 Å². The van der Waals surface area contributed by atoms with Crippen molar-refractivity contribution in [2.45, 2.75) is 25.6 Å². The summed E-state index contributed by atoms with van der Waals surface area (Å²) in [4.78, 5) is 11.4. The van der Waals surface area contributed by atoms with Crippen molar-refractivity contribution < 1.29 is 23.1 Å². The number of nitrogens with one attached hydrogen (secondary N) is 1. The molecule has 0 radical (unpaired) electrons. The summed E-state index contributed by atoms with van der Waals surface area (Å²) in [6, 6.07) is 4.27. The lowest BCUT2D eigenvalue weighted by atomic mass is 10.1. The highest BCUT2D eigenvalue weighted by Crippen LogP contribution is 2.31. The summed E-state index contributed by atoms with van der Waals surface area (Å²) in [6.45, 7) is 1.97. The Morgan fingerprint density at radius 3 is 2.39 bits per heavy atom. The Morgan fingerprint density at radius 1 is 1.39 bits per heavy atom. The average Bonchev–Trinajstić information content (AvgIpc) is 2.20. The molecule has 1 aromatic rings. The minimum Gasteiger partial charge on any atom is -0.373 e. The summed E-state index contributed by atoms with van der Waals surface area (Å²) < 4.78 is 37.3. The zero-order chi connectivity index (χ0) is 14.1. The van der Waals surface area contributed by atoms with Gasteiger partial charge in [-0.05, 0) is 37.6 Å². The van der Waals surface area contributed by atoms with Gasteiger partial charge in [-0.15, -0.1) is 0 Å². The van der Waals surface area contributed by atoms with Crippen LogP contribution in [0.5, 0.6) is 0 Å². The highest BCUT2D eigenvalue weighted by atomic mass is 35.5. The second-order valence-electron chi connectivity index (χ2n) is 3.98. The van der Waals surface area contributed by atoms with Gasteiger partial charge in [-0.3, -0.25) is 4.79 Å². The van der Waals surface area contributed by atoms with Gasteiger partial charge in [0.05, 0.1) is 0 Å². The molecule has 0 fully saturated rings. The van der Waals surface area contributed by atoms with E-state index in [9.17, 15) is 18.0 Å². The fourth-order valence-electron chi connectivity index (χ4n) is 1.14. The molecule has 1 rings (SSSR count). The van der Waals surface area contributed by atoms with Crippen molar-refractivity contribution in [2.24, 2.45) is 0 Å². The third-order valence-electron chi connectivity index (χ3n) is 2.43. The molecule has 0 saturated carbocycles. The first-order valence-electron chi connectivity index (χ1n) is 4.92. The zero-order valence-corrected chi connectivity index (χ0v) is 10.4. The van der Waals surface area contributed by atoms with Crippen molar-refractivity contribution in [1.82, 2.24) is 0 Å². The van der Waals surface area contributed by atoms with Gasteiger partial charge in [-0.2, -0.15) is 13.2 Å². The van der Waals surface area contributed by atoms with Gasteiger partial charge in [-0.1, -0.05) is 11.6 Å². The van der Waals surface area contributed by atoms with Gasteiger partial charge >= 0.3 is 6.18 Å². The third kappa shape index (κ3) is 2.94. The highest BCUT2D eigenvalue weighted by Gasteiger charge is 2.55. The molecule has 0 aliphatic carbocycles. The van der Waals surface area contributed by atoms with E-state index in [1.54, 1.807) is 6.92 Å². The van der Waals surface area contributed by atoms with Crippen LogP contribution in [0.4, 0.5) is 18.9 Å². The third-order valence-corrected chi connectivity index (χ3v) is 2.67. The van der Waals surface area contributed by atoms with E-state index in [-0.39, 0.29) is 5.69 Å². The molecule has 1 unspecified atom stereocenters. The Morgan fingerprint density at radius 2 is 1.94 bits per heavy atom. The molecule has 0 spiro atoms. The lowest BCUT2D eigenvalue weighted by molar-refractivity contribution is -0.242. The first kappa shape index (κ1) is 14.8. The summed E-state index contributed by atoms with van der Waals surface area (Å²) in [6.07, 6.45) is -5.04. The molecule has 0 aliphatic heterocycles. The number of hydrogen-bond donors (Lipinski definition) is 2. The largest absolute Gasteiger partial charge is 0.426 e.